The molecule has 2 saturated heterocycles. The summed E-state index contributed by atoms with van der Waals surface area (Å²) >= 11 is 0. The van der Waals surface area contributed by atoms with Crippen molar-refractivity contribution in [1.29, 1.82) is 0 Å². The molecule has 12 nitrogen and oxygen atoms in total. The monoisotopic (exact) mass is 490 g/mol. The van der Waals surface area contributed by atoms with E-state index in [0.717, 1.165) is 0 Å². The van der Waals surface area contributed by atoms with Gasteiger partial charge in [-0.3, -0.25) is 9.59 Å². The highest BCUT2D eigenvalue weighted by Crippen LogP contribution is 2.23. The van der Waals surface area contributed by atoms with Gasteiger partial charge >= 0.3 is 0 Å². The van der Waals surface area contributed by atoms with Gasteiger partial charge in [0.1, 0.15) is 11.4 Å². The number of aromatic nitrogens is 4. The quantitative estimate of drug-likeness (QED) is 0.523. The highest BCUT2D eigenvalue weighted by Gasteiger charge is 2.19. The number of nitrogens with one attached hydrogen (secondary N) is 2. The number of para-hydroxylation sites is 2. The first kappa shape index (κ1) is 23.6. The molecule has 4 heterocycles. The maximum absolute atomic E-state index is 13.0. The van der Waals surface area contributed by atoms with Crippen LogP contribution < -0.4 is 20.4 Å². The molecule has 2 aromatic heterocycles. The Morgan fingerprint density at radius 1 is 0.667 bits per heavy atom. The van der Waals surface area contributed by atoms with E-state index in [4.69, 9.17) is 9.47 Å². The van der Waals surface area contributed by atoms with Gasteiger partial charge in [-0.25, -0.2) is 19.9 Å². The Labute approximate surface area is 207 Å². The third-order valence-electron chi connectivity index (χ3n) is 5.76. The van der Waals surface area contributed by atoms with Gasteiger partial charge in [0.05, 0.1) is 37.8 Å². The summed E-state index contributed by atoms with van der Waals surface area (Å²) in [5.41, 5.74) is 1.31. The van der Waals surface area contributed by atoms with E-state index in [0.29, 0.717) is 75.9 Å². The van der Waals surface area contributed by atoms with Crippen molar-refractivity contribution in [3.05, 3.63) is 60.2 Å². The summed E-state index contributed by atoms with van der Waals surface area (Å²) in [6.07, 6.45) is 3.11. The van der Waals surface area contributed by atoms with Crippen LogP contribution in [0.4, 0.5) is 23.3 Å². The molecule has 3 aromatic rings. The minimum atomic E-state index is -0.412. The zero-order valence-corrected chi connectivity index (χ0v) is 19.6. The van der Waals surface area contributed by atoms with E-state index >= 15 is 0 Å². The van der Waals surface area contributed by atoms with Crippen LogP contribution in [0.5, 0.6) is 0 Å². The summed E-state index contributed by atoms with van der Waals surface area (Å²) in [5, 5.41) is 5.67. The van der Waals surface area contributed by atoms with Crippen LogP contribution in [0.1, 0.15) is 21.0 Å². The van der Waals surface area contributed by atoms with Crippen LogP contribution in [0, 0.1) is 0 Å². The van der Waals surface area contributed by atoms with E-state index in [-0.39, 0.29) is 11.4 Å². The van der Waals surface area contributed by atoms with Crippen LogP contribution in [-0.2, 0) is 9.47 Å². The van der Waals surface area contributed by atoms with Gasteiger partial charge in [0, 0.05) is 38.6 Å². The molecule has 1 aromatic carbocycles. The third kappa shape index (κ3) is 5.56. The molecule has 0 saturated carbocycles. The second kappa shape index (κ2) is 11.1. The number of morpholine rings is 2. The van der Waals surface area contributed by atoms with Gasteiger partial charge in [-0.2, -0.15) is 0 Å². The van der Waals surface area contributed by atoms with Crippen molar-refractivity contribution in [1.82, 2.24) is 19.9 Å². The number of hydrogen-bond donors (Lipinski definition) is 2. The summed E-state index contributed by atoms with van der Waals surface area (Å²) in [5.74, 6) is 0.134. The number of hydrogen-bond acceptors (Lipinski definition) is 10. The van der Waals surface area contributed by atoms with E-state index < -0.39 is 11.8 Å². The van der Waals surface area contributed by atoms with Crippen molar-refractivity contribution in [2.45, 2.75) is 0 Å². The van der Waals surface area contributed by atoms with Gasteiger partial charge in [-0.15, -0.1) is 0 Å². The molecule has 0 aliphatic carbocycles. The van der Waals surface area contributed by atoms with E-state index in [9.17, 15) is 9.59 Å². The molecule has 0 radical (unpaired) electrons. The summed E-state index contributed by atoms with van der Waals surface area (Å²) in [6.45, 7) is 5.01. The lowest BCUT2D eigenvalue weighted by molar-refractivity contribution is 0.101. The largest absolute Gasteiger partial charge is 0.378 e. The van der Waals surface area contributed by atoms with Crippen molar-refractivity contribution in [3.63, 3.8) is 0 Å². The number of carbonyl (C=O) groups is 2. The van der Waals surface area contributed by atoms with E-state index in [1.807, 2.05) is 9.80 Å². The van der Waals surface area contributed by atoms with Crippen molar-refractivity contribution in [2.75, 3.05) is 73.0 Å². The van der Waals surface area contributed by atoms with Gasteiger partial charge < -0.3 is 29.9 Å². The molecule has 2 fully saturated rings. The number of anilines is 4. The fourth-order valence-corrected chi connectivity index (χ4v) is 3.85. The van der Waals surface area contributed by atoms with Crippen LogP contribution in [0.3, 0.4) is 0 Å². The topological polar surface area (TPSA) is 135 Å². The Morgan fingerprint density at radius 3 is 1.50 bits per heavy atom. The number of carbonyl (C=O) groups excluding carboxylic acids is 2. The standard InChI is InChI=1S/C24H26N8O4/c33-21(19-5-7-25-23(29-19)31-9-13-35-14-10-31)27-17-3-1-2-4-18(17)28-22(34)20-6-8-26-24(30-20)32-11-15-36-16-12-32/h1-8H,9-16H2,(H,27,33)(H,28,34). The van der Waals surface area contributed by atoms with Crippen LogP contribution in [0.25, 0.3) is 0 Å². The SMILES string of the molecule is O=C(Nc1ccccc1NC(=O)c1ccnc(N2CCOCC2)n1)c1ccnc(N2CCOCC2)n1. The van der Waals surface area contributed by atoms with Gasteiger partial charge in [0.2, 0.25) is 11.9 Å². The second-order valence-electron chi connectivity index (χ2n) is 8.14. The molecule has 36 heavy (non-hydrogen) atoms. The maximum atomic E-state index is 13.0. The van der Waals surface area contributed by atoms with Crippen LogP contribution in [0.15, 0.2) is 48.8 Å². The summed E-state index contributed by atoms with van der Waals surface area (Å²) in [6, 6.07) is 10.0. The zero-order chi connectivity index (χ0) is 24.7. The fraction of sp³-hybridized carbons (Fsp3) is 0.333. The Balaban J connectivity index is 1.29. The van der Waals surface area contributed by atoms with Gasteiger partial charge in [-0.1, -0.05) is 12.1 Å². The molecule has 12 heteroatoms. The molecular formula is C24H26N8O4. The second-order valence-corrected chi connectivity index (χ2v) is 8.14. The molecule has 2 aliphatic rings. The lowest BCUT2D eigenvalue weighted by atomic mass is 10.2. The Hall–Kier alpha value is -4.16. The van der Waals surface area contributed by atoms with Gasteiger partial charge in [-0.05, 0) is 24.3 Å². The van der Waals surface area contributed by atoms with E-state index in [1.165, 1.54) is 0 Å². The number of amides is 2. The average Bonchev–Trinajstić information content (AvgIpc) is 2.95. The van der Waals surface area contributed by atoms with Gasteiger partial charge in [0.25, 0.3) is 11.8 Å². The molecule has 186 valence electrons. The number of ether oxygens (including phenoxy) is 2. The molecule has 0 atom stereocenters. The molecule has 0 unspecified atom stereocenters. The highest BCUT2D eigenvalue weighted by atomic mass is 16.5. The average molecular weight is 491 g/mol. The highest BCUT2D eigenvalue weighted by molar-refractivity contribution is 6.08. The minimum absolute atomic E-state index is 0.221. The van der Waals surface area contributed by atoms with Crippen LogP contribution in [0.2, 0.25) is 0 Å². The zero-order valence-electron chi connectivity index (χ0n) is 19.6. The molecule has 5 rings (SSSR count). The number of rotatable bonds is 6. The Kier molecular flexibility index (Phi) is 7.24. The molecule has 0 bridgehead atoms. The predicted molar refractivity (Wildman–Crippen MR) is 132 cm³/mol. The van der Waals surface area contributed by atoms with Crippen molar-refractivity contribution in [3.8, 4) is 0 Å². The van der Waals surface area contributed by atoms with Crippen molar-refractivity contribution in [2.24, 2.45) is 0 Å². The van der Waals surface area contributed by atoms with Crippen LogP contribution >= 0.6 is 0 Å². The number of benzene rings is 1. The normalized spacial score (nSPS) is 15.9. The number of nitrogens with zero attached hydrogens (tertiary/aromatic N) is 6. The predicted octanol–water partition coefficient (Wildman–Crippen LogP) is 1.44. The van der Waals surface area contributed by atoms with E-state index in [1.54, 1.807) is 48.8 Å². The van der Waals surface area contributed by atoms with Crippen molar-refractivity contribution < 1.29 is 19.1 Å². The smallest absolute Gasteiger partial charge is 0.274 e. The fourth-order valence-electron chi connectivity index (χ4n) is 3.85. The lowest BCUT2D eigenvalue weighted by Gasteiger charge is -2.26. The summed E-state index contributed by atoms with van der Waals surface area (Å²) in [4.78, 5) is 47.3. The van der Waals surface area contributed by atoms with Crippen LogP contribution in [-0.4, -0.2) is 84.4 Å². The first-order chi connectivity index (χ1) is 17.7. The molecule has 2 aliphatic heterocycles. The first-order valence-electron chi connectivity index (χ1n) is 11.7. The lowest BCUT2D eigenvalue weighted by Crippen LogP contribution is -2.37. The summed E-state index contributed by atoms with van der Waals surface area (Å²) in [7, 11) is 0. The minimum Gasteiger partial charge on any atom is -0.378 e. The van der Waals surface area contributed by atoms with E-state index in [2.05, 4.69) is 30.6 Å². The third-order valence-corrected chi connectivity index (χ3v) is 5.76. The summed E-state index contributed by atoms with van der Waals surface area (Å²) < 4.78 is 10.7. The molecular weight excluding hydrogens is 464 g/mol. The Bertz CT molecular complexity index is 1130. The maximum Gasteiger partial charge on any atom is 0.274 e. The molecule has 0 spiro atoms. The first-order valence-corrected chi connectivity index (χ1v) is 11.7. The Morgan fingerprint density at radius 2 is 1.08 bits per heavy atom. The molecule has 2 N–H and O–H groups in total. The van der Waals surface area contributed by atoms with Gasteiger partial charge in [0.15, 0.2) is 0 Å². The van der Waals surface area contributed by atoms with Crippen molar-refractivity contribution >= 4 is 35.1 Å². The molecule has 2 amide bonds.